The molecule has 0 saturated heterocycles. The molecule has 0 fully saturated rings. The van der Waals surface area contributed by atoms with Gasteiger partial charge >= 0.3 is 5.97 Å². The molecule has 0 atom stereocenters. The molecule has 1 rings (SSSR count). The summed E-state index contributed by atoms with van der Waals surface area (Å²) in [6.45, 7) is 0. The molecule has 1 N–H and O–H groups in total. The van der Waals surface area contributed by atoms with E-state index in [1.807, 2.05) is 0 Å². The maximum atomic E-state index is 10.7. The number of pyridine rings is 1. The van der Waals surface area contributed by atoms with Gasteiger partial charge in [0.25, 0.3) is 0 Å². The fourth-order valence-corrected chi connectivity index (χ4v) is 0.972. The fourth-order valence-electron chi connectivity index (χ4n) is 0.814. The average Bonchev–Trinajstić information content (AvgIpc) is 2.15. The van der Waals surface area contributed by atoms with Crippen LogP contribution in [0.3, 0.4) is 0 Å². The average molecular weight is 210 g/mol. The van der Waals surface area contributed by atoms with Gasteiger partial charge in [-0.2, -0.15) is 0 Å². The molecule has 0 aliphatic heterocycles. The van der Waals surface area contributed by atoms with Crippen LogP contribution in [0.4, 0.5) is 0 Å². The van der Waals surface area contributed by atoms with Crippen molar-refractivity contribution in [2.24, 2.45) is 0 Å². The zero-order valence-corrected chi connectivity index (χ0v) is 7.58. The summed E-state index contributed by atoms with van der Waals surface area (Å²) in [5.74, 6) is 3.29. The number of carboxylic acid groups (broad SMARTS) is 1. The molecule has 1 aromatic heterocycles. The topological polar surface area (TPSA) is 67.3 Å². The Morgan fingerprint density at radius 3 is 2.93 bits per heavy atom. The number of carbonyl (C=O) groups is 2. The maximum absolute atomic E-state index is 10.7. The van der Waals surface area contributed by atoms with Crippen LogP contribution in [-0.2, 0) is 4.79 Å². The van der Waals surface area contributed by atoms with Gasteiger partial charge < -0.3 is 5.11 Å². The molecule has 0 spiro atoms. The number of halogens is 1. The second-order valence-electron chi connectivity index (χ2n) is 2.24. The number of aldehydes is 1. The van der Waals surface area contributed by atoms with Crippen LogP contribution in [0.25, 0.3) is 0 Å². The van der Waals surface area contributed by atoms with Gasteiger partial charge in [-0.3, -0.25) is 4.79 Å². The Morgan fingerprint density at radius 1 is 1.64 bits per heavy atom. The molecule has 1 heterocycles. The van der Waals surface area contributed by atoms with Crippen molar-refractivity contribution in [2.45, 2.75) is 0 Å². The summed E-state index contributed by atoms with van der Waals surface area (Å²) in [5.41, 5.74) is 0.0911. The van der Waals surface area contributed by atoms with Gasteiger partial charge in [-0.1, -0.05) is 17.5 Å². The molecule has 0 unspecified atom stereocenters. The van der Waals surface area contributed by atoms with Gasteiger partial charge in [0.2, 0.25) is 0 Å². The number of carbonyl (C=O) groups excluding carboxylic acids is 1. The number of rotatable bonds is 1. The van der Waals surface area contributed by atoms with Crippen LogP contribution in [0.2, 0.25) is 5.15 Å². The lowest BCUT2D eigenvalue weighted by Crippen LogP contribution is -2.00. The molecular formula is C9H4ClNO3. The van der Waals surface area contributed by atoms with E-state index in [0.717, 1.165) is 0 Å². The van der Waals surface area contributed by atoms with E-state index in [4.69, 9.17) is 16.7 Å². The molecule has 0 aliphatic rings. The predicted molar refractivity (Wildman–Crippen MR) is 49.1 cm³/mol. The molecule has 0 aliphatic carbocycles. The normalized spacial score (nSPS) is 8.64. The van der Waals surface area contributed by atoms with Crippen molar-refractivity contribution in [3.8, 4) is 11.8 Å². The molecule has 0 bridgehead atoms. The summed E-state index contributed by atoms with van der Waals surface area (Å²) in [4.78, 5) is 24.3. The van der Waals surface area contributed by atoms with Crippen LogP contribution in [0.15, 0.2) is 12.3 Å². The summed E-state index contributed by atoms with van der Waals surface area (Å²) >= 11 is 5.50. The third kappa shape index (κ3) is 2.31. The van der Waals surface area contributed by atoms with Crippen molar-refractivity contribution in [1.82, 2.24) is 4.98 Å². The lowest BCUT2D eigenvalue weighted by molar-refractivity contribution is -0.103. The van der Waals surface area contributed by atoms with E-state index in [-0.39, 0.29) is 16.3 Å². The van der Waals surface area contributed by atoms with Gasteiger partial charge in [-0.25, -0.2) is 9.78 Å². The lowest BCUT2D eigenvalue weighted by atomic mass is 10.1. The Balaban J connectivity index is 3.28. The fraction of sp³-hybridized carbons (Fsp3) is 0. The molecule has 1 aromatic rings. The van der Waals surface area contributed by atoms with Gasteiger partial charge in [0, 0.05) is 6.20 Å². The molecule has 0 amide bonds. The van der Waals surface area contributed by atoms with Gasteiger partial charge in [0.05, 0.1) is 11.1 Å². The first kappa shape index (κ1) is 10.2. The number of aromatic nitrogens is 1. The molecule has 4 nitrogen and oxygen atoms in total. The Hall–Kier alpha value is -1.86. The highest BCUT2D eigenvalue weighted by Crippen LogP contribution is 2.12. The van der Waals surface area contributed by atoms with Crippen molar-refractivity contribution in [3.63, 3.8) is 0 Å². The first-order valence-corrected chi connectivity index (χ1v) is 3.87. The SMILES string of the molecule is O=CC#Cc1cnc(Cl)cc1C(=O)O. The Morgan fingerprint density at radius 2 is 2.36 bits per heavy atom. The summed E-state index contributed by atoms with van der Waals surface area (Å²) in [6.07, 6.45) is 1.59. The second kappa shape index (κ2) is 4.40. The van der Waals surface area contributed by atoms with E-state index in [2.05, 4.69) is 16.8 Å². The third-order valence-electron chi connectivity index (χ3n) is 1.37. The molecule has 0 aromatic carbocycles. The van der Waals surface area contributed by atoms with Crippen LogP contribution < -0.4 is 0 Å². The van der Waals surface area contributed by atoms with Crippen LogP contribution in [-0.4, -0.2) is 22.3 Å². The monoisotopic (exact) mass is 209 g/mol. The van der Waals surface area contributed by atoms with Crippen molar-refractivity contribution < 1.29 is 14.7 Å². The Kier molecular flexibility index (Phi) is 3.21. The number of aromatic carboxylic acids is 1. The number of hydrogen-bond acceptors (Lipinski definition) is 3. The maximum Gasteiger partial charge on any atom is 0.337 e. The van der Waals surface area contributed by atoms with Crippen LogP contribution in [0, 0.1) is 11.8 Å². The highest BCUT2D eigenvalue weighted by molar-refractivity contribution is 6.29. The lowest BCUT2D eigenvalue weighted by Gasteiger charge is -1.97. The minimum atomic E-state index is -1.16. The van der Waals surface area contributed by atoms with Crippen molar-refractivity contribution in [2.75, 3.05) is 0 Å². The standard InChI is InChI=1S/C9H4ClNO3/c10-8-4-7(9(13)14)6(5-11-8)2-1-3-12/h3-5H,(H,13,14). The highest BCUT2D eigenvalue weighted by Gasteiger charge is 2.09. The Labute approximate surface area is 84.5 Å². The summed E-state index contributed by atoms with van der Waals surface area (Å²) < 4.78 is 0. The quantitative estimate of drug-likeness (QED) is 0.425. The van der Waals surface area contributed by atoms with E-state index >= 15 is 0 Å². The number of nitrogens with zero attached hydrogens (tertiary/aromatic N) is 1. The van der Waals surface area contributed by atoms with E-state index in [0.29, 0.717) is 6.29 Å². The van der Waals surface area contributed by atoms with Gasteiger partial charge in [0.15, 0.2) is 6.29 Å². The molecule has 14 heavy (non-hydrogen) atoms. The molecule has 0 saturated carbocycles. The van der Waals surface area contributed by atoms with Crippen LogP contribution in [0.1, 0.15) is 15.9 Å². The van der Waals surface area contributed by atoms with E-state index in [1.54, 1.807) is 0 Å². The summed E-state index contributed by atoms with van der Waals surface area (Å²) in [6, 6.07) is 1.18. The van der Waals surface area contributed by atoms with E-state index in [9.17, 15) is 9.59 Å². The largest absolute Gasteiger partial charge is 0.478 e. The minimum absolute atomic E-state index is 0.0686. The second-order valence-corrected chi connectivity index (χ2v) is 2.63. The van der Waals surface area contributed by atoms with Gasteiger partial charge in [0.1, 0.15) is 5.15 Å². The van der Waals surface area contributed by atoms with E-state index in [1.165, 1.54) is 12.3 Å². The zero-order valence-electron chi connectivity index (χ0n) is 6.82. The van der Waals surface area contributed by atoms with Crippen molar-refractivity contribution in [1.29, 1.82) is 0 Å². The summed E-state index contributed by atoms with van der Waals surface area (Å²) in [5, 5.41) is 8.82. The number of hydrogen-bond donors (Lipinski definition) is 1. The van der Waals surface area contributed by atoms with Crippen molar-refractivity contribution in [3.05, 3.63) is 28.5 Å². The third-order valence-corrected chi connectivity index (χ3v) is 1.57. The highest BCUT2D eigenvalue weighted by atomic mass is 35.5. The molecular weight excluding hydrogens is 206 g/mol. The van der Waals surface area contributed by atoms with Crippen LogP contribution >= 0.6 is 11.6 Å². The number of carboxylic acids is 1. The Bertz CT molecular complexity index is 445. The van der Waals surface area contributed by atoms with Crippen LogP contribution in [0.5, 0.6) is 0 Å². The van der Waals surface area contributed by atoms with Gasteiger partial charge in [-0.05, 0) is 12.0 Å². The predicted octanol–water partition coefficient (Wildman–Crippen LogP) is 0.984. The van der Waals surface area contributed by atoms with E-state index < -0.39 is 5.97 Å². The first-order valence-electron chi connectivity index (χ1n) is 3.49. The minimum Gasteiger partial charge on any atom is -0.478 e. The van der Waals surface area contributed by atoms with Crippen molar-refractivity contribution >= 4 is 23.9 Å². The molecule has 70 valence electrons. The summed E-state index contributed by atoms with van der Waals surface area (Å²) in [7, 11) is 0. The zero-order chi connectivity index (χ0) is 10.6. The smallest absolute Gasteiger partial charge is 0.337 e. The molecule has 5 heteroatoms. The van der Waals surface area contributed by atoms with Gasteiger partial charge in [-0.15, -0.1) is 0 Å². The first-order chi connectivity index (χ1) is 6.65. The molecule has 0 radical (unpaired) electrons.